The molecule has 4 aromatic rings. The maximum Gasteiger partial charge on any atom is 0.416 e. The summed E-state index contributed by atoms with van der Waals surface area (Å²) in [5, 5.41) is 20.9. The van der Waals surface area contributed by atoms with Crippen molar-refractivity contribution in [3.05, 3.63) is 94.5 Å². The normalized spacial score (nSPS) is 14.5. The summed E-state index contributed by atoms with van der Waals surface area (Å²) in [4.78, 5) is 25.7. The molecule has 10 nitrogen and oxygen atoms in total. The van der Waals surface area contributed by atoms with Crippen LogP contribution in [0.3, 0.4) is 0 Å². The minimum Gasteiger partial charge on any atom is -0.497 e. The smallest absolute Gasteiger partial charge is 0.416 e. The van der Waals surface area contributed by atoms with Crippen molar-refractivity contribution in [2.75, 3.05) is 17.7 Å². The summed E-state index contributed by atoms with van der Waals surface area (Å²) in [5.74, 6) is 0.0140. The van der Waals surface area contributed by atoms with Gasteiger partial charge >= 0.3 is 12.2 Å². The Morgan fingerprint density at radius 3 is 2.21 bits per heavy atom. The molecule has 1 aromatic heterocycles. The minimum atomic E-state index is -4.62. The Morgan fingerprint density at radius 2 is 1.60 bits per heavy atom. The molecule has 0 saturated heterocycles. The van der Waals surface area contributed by atoms with Crippen molar-refractivity contribution in [3.8, 4) is 5.75 Å². The average molecular weight is 594 g/mol. The van der Waals surface area contributed by atoms with E-state index in [9.17, 15) is 22.8 Å². The minimum absolute atomic E-state index is 0.0227. The summed E-state index contributed by atoms with van der Waals surface area (Å²) in [6.07, 6.45) is 1.29. The summed E-state index contributed by atoms with van der Waals surface area (Å²) in [5.41, 5.74) is 1.94. The van der Waals surface area contributed by atoms with Gasteiger partial charge in [-0.05, 0) is 64.9 Å². The molecule has 43 heavy (non-hydrogen) atoms. The fourth-order valence-electron chi connectivity index (χ4n) is 5.22. The van der Waals surface area contributed by atoms with Gasteiger partial charge in [-0.1, -0.05) is 60.8 Å². The molecule has 13 heteroatoms. The topological polar surface area (TPSA) is 134 Å². The molecule has 0 aliphatic heterocycles. The van der Waals surface area contributed by atoms with E-state index in [1.165, 1.54) is 38.0 Å². The number of amides is 3. The van der Waals surface area contributed by atoms with E-state index in [2.05, 4.69) is 48.7 Å². The van der Waals surface area contributed by atoms with Crippen molar-refractivity contribution in [2.45, 2.75) is 50.2 Å². The lowest BCUT2D eigenvalue weighted by Crippen LogP contribution is -2.33. The lowest BCUT2D eigenvalue weighted by atomic mass is 9.83. The molecule has 1 aliphatic carbocycles. The molecular weight excluding hydrogens is 563 g/mol. The van der Waals surface area contributed by atoms with Crippen molar-refractivity contribution in [1.29, 1.82) is 0 Å². The van der Waals surface area contributed by atoms with Gasteiger partial charge in [0.15, 0.2) is 0 Å². The van der Waals surface area contributed by atoms with E-state index >= 15 is 0 Å². The fourth-order valence-corrected chi connectivity index (χ4v) is 5.22. The van der Waals surface area contributed by atoms with E-state index in [1.54, 1.807) is 24.3 Å². The Morgan fingerprint density at radius 1 is 0.930 bits per heavy atom. The zero-order chi connectivity index (χ0) is 30.4. The number of ether oxygens (including phenoxy) is 1. The van der Waals surface area contributed by atoms with E-state index in [1.807, 2.05) is 12.1 Å². The highest BCUT2D eigenvalue weighted by atomic mass is 19.4. The number of H-pyrrole nitrogens is 1. The van der Waals surface area contributed by atoms with E-state index in [-0.39, 0.29) is 17.4 Å². The van der Waals surface area contributed by atoms with Crippen molar-refractivity contribution < 1.29 is 27.5 Å². The number of aromatic amines is 1. The van der Waals surface area contributed by atoms with Crippen LogP contribution < -0.4 is 20.7 Å². The highest BCUT2D eigenvalue weighted by Gasteiger charge is 2.32. The van der Waals surface area contributed by atoms with Gasteiger partial charge in [-0.25, -0.2) is 4.79 Å². The number of aromatic nitrogens is 4. The highest BCUT2D eigenvalue weighted by molar-refractivity contribution is 6.03. The van der Waals surface area contributed by atoms with E-state index < -0.39 is 29.7 Å². The molecule has 0 spiro atoms. The van der Waals surface area contributed by atoms with Crippen LogP contribution in [0.4, 0.5) is 29.6 Å². The van der Waals surface area contributed by atoms with E-state index in [0.717, 1.165) is 30.5 Å². The summed E-state index contributed by atoms with van der Waals surface area (Å²) in [6.45, 7) is 0. The maximum atomic E-state index is 13.4. The summed E-state index contributed by atoms with van der Waals surface area (Å²) >= 11 is 0. The first-order chi connectivity index (χ1) is 20.7. The van der Waals surface area contributed by atoms with E-state index in [4.69, 9.17) is 4.74 Å². The van der Waals surface area contributed by atoms with Crippen molar-refractivity contribution in [1.82, 2.24) is 25.9 Å². The molecule has 1 atom stereocenters. The molecule has 0 radical (unpaired) electrons. The number of nitrogens with zero attached hydrogens (tertiary/aromatic N) is 3. The van der Waals surface area contributed by atoms with Gasteiger partial charge in [0.1, 0.15) is 5.75 Å². The van der Waals surface area contributed by atoms with Crippen molar-refractivity contribution in [2.24, 2.45) is 0 Å². The number of carbonyl (C=O) groups excluding carboxylic acids is 2. The van der Waals surface area contributed by atoms with Crippen LogP contribution in [0.15, 0.2) is 66.7 Å². The number of hydrogen-bond donors (Lipinski definition) is 4. The largest absolute Gasteiger partial charge is 0.497 e. The molecule has 224 valence electrons. The van der Waals surface area contributed by atoms with Crippen LogP contribution in [0.25, 0.3) is 0 Å². The van der Waals surface area contributed by atoms with Crippen LogP contribution >= 0.6 is 0 Å². The third-order valence-corrected chi connectivity index (χ3v) is 7.43. The van der Waals surface area contributed by atoms with Crippen molar-refractivity contribution in [3.63, 3.8) is 0 Å². The first-order valence-electron chi connectivity index (χ1n) is 13.8. The van der Waals surface area contributed by atoms with Crippen molar-refractivity contribution >= 4 is 23.6 Å². The van der Waals surface area contributed by atoms with Crippen LogP contribution in [0, 0.1) is 0 Å². The Bertz CT molecular complexity index is 1540. The van der Waals surface area contributed by atoms with Gasteiger partial charge in [0.2, 0.25) is 0 Å². The lowest BCUT2D eigenvalue weighted by molar-refractivity contribution is -0.137. The molecule has 1 fully saturated rings. The van der Waals surface area contributed by atoms with Gasteiger partial charge in [-0.15, -0.1) is 5.10 Å². The van der Waals surface area contributed by atoms with Gasteiger partial charge in [-0.3, -0.25) is 10.1 Å². The average Bonchev–Trinajstić information content (AvgIpc) is 3.53. The quantitative estimate of drug-likeness (QED) is 0.186. The number of nitrogens with one attached hydrogen (secondary N) is 4. The zero-order valence-electron chi connectivity index (χ0n) is 23.2. The Balaban J connectivity index is 1.39. The number of tetrazole rings is 1. The maximum absolute atomic E-state index is 13.4. The Hall–Kier alpha value is -4.94. The van der Waals surface area contributed by atoms with Crippen LogP contribution in [-0.2, 0) is 6.18 Å². The SMILES string of the molecule is COc1cc(NC(=O)NC(c2ccc(C(=O)Nc3nn[nH]n3)cc2)c2ccc(C3CCCCC3)cc2)cc(C(F)(F)F)c1. The third kappa shape index (κ3) is 7.48. The molecule has 4 N–H and O–H groups in total. The Labute approximate surface area is 245 Å². The van der Waals surface area contributed by atoms with Gasteiger partial charge < -0.3 is 15.4 Å². The van der Waals surface area contributed by atoms with E-state index in [0.29, 0.717) is 17.0 Å². The fraction of sp³-hybridized carbons (Fsp3) is 0.300. The second-order valence-electron chi connectivity index (χ2n) is 10.3. The molecule has 1 heterocycles. The molecule has 5 rings (SSSR count). The van der Waals surface area contributed by atoms with Crippen LogP contribution in [-0.4, -0.2) is 39.7 Å². The number of halogens is 3. The molecule has 1 unspecified atom stereocenters. The van der Waals surface area contributed by atoms with Crippen LogP contribution in [0.1, 0.15) is 76.7 Å². The number of carbonyl (C=O) groups is 2. The zero-order valence-corrected chi connectivity index (χ0v) is 23.2. The lowest BCUT2D eigenvalue weighted by Gasteiger charge is -2.24. The van der Waals surface area contributed by atoms with Gasteiger partial charge in [0, 0.05) is 17.3 Å². The number of alkyl halides is 3. The summed E-state index contributed by atoms with van der Waals surface area (Å²) < 4.78 is 45.2. The number of hydrogen-bond acceptors (Lipinski definition) is 6. The molecule has 0 bridgehead atoms. The third-order valence-electron chi connectivity index (χ3n) is 7.43. The Kier molecular flexibility index (Phi) is 8.88. The molecule has 1 aliphatic rings. The van der Waals surface area contributed by atoms with Gasteiger partial charge in [0.05, 0.1) is 18.7 Å². The highest BCUT2D eigenvalue weighted by Crippen LogP contribution is 2.35. The predicted molar refractivity (Wildman–Crippen MR) is 153 cm³/mol. The number of benzene rings is 3. The number of methoxy groups -OCH3 is 1. The predicted octanol–water partition coefficient (Wildman–Crippen LogP) is 6.44. The second-order valence-corrected chi connectivity index (χ2v) is 10.3. The first kappa shape index (κ1) is 29.5. The summed E-state index contributed by atoms with van der Waals surface area (Å²) in [7, 11) is 1.25. The standard InChI is InChI=1S/C30H30F3N7O3/c1-43-25-16-23(30(31,32)33)15-24(17-25)34-29(42)35-26(20-9-7-19(8-10-20)18-5-3-2-4-6-18)21-11-13-22(14-12-21)27(41)36-28-37-39-40-38-28/h7-18,26H,2-6H2,1H3,(H2,34,35,42)(H2,36,37,38,39,40,41). The second kappa shape index (κ2) is 12.9. The van der Waals surface area contributed by atoms with Gasteiger partial charge in [-0.2, -0.15) is 18.4 Å². The molecule has 3 aromatic carbocycles. The van der Waals surface area contributed by atoms with Crippen LogP contribution in [0.5, 0.6) is 5.75 Å². The molecule has 1 saturated carbocycles. The monoisotopic (exact) mass is 593 g/mol. The van der Waals surface area contributed by atoms with Crippen LogP contribution in [0.2, 0.25) is 0 Å². The number of rotatable bonds is 8. The van der Waals surface area contributed by atoms with Gasteiger partial charge in [0.25, 0.3) is 11.9 Å². The summed E-state index contributed by atoms with van der Waals surface area (Å²) in [6, 6.07) is 16.2. The first-order valence-corrected chi connectivity index (χ1v) is 13.8. The molecular formula is C30H30F3N7O3. The number of anilines is 2. The number of urea groups is 1. The molecule has 3 amide bonds.